The summed E-state index contributed by atoms with van der Waals surface area (Å²) in [6, 6.07) is 7.22. The lowest BCUT2D eigenvalue weighted by Gasteiger charge is -2.16. The fourth-order valence-corrected chi connectivity index (χ4v) is 2.89. The smallest absolute Gasteiger partial charge is 0.231 e. The number of allylic oxidation sites excluding steroid dienone is 2. The maximum atomic E-state index is 13.6. The van der Waals surface area contributed by atoms with Crippen LogP contribution in [-0.2, 0) is 4.74 Å². The molecule has 4 nitrogen and oxygen atoms in total. The van der Waals surface area contributed by atoms with Gasteiger partial charge in [0.1, 0.15) is 16.0 Å². The maximum absolute atomic E-state index is 13.6. The number of carbonyl (C=O) groups excluding carboxylic acids is 2. The van der Waals surface area contributed by atoms with Crippen LogP contribution in [0, 0.1) is 5.82 Å². The largest absolute Gasteiger partial charge is 0.491 e. The topological polar surface area (TPSA) is 56.3 Å². The Morgan fingerprint density at radius 1 is 1.17 bits per heavy atom. The van der Waals surface area contributed by atoms with Gasteiger partial charge in [-0.05, 0) is 40.2 Å². The quantitative estimate of drug-likeness (QED) is 0.764. The molecule has 0 unspecified atom stereocenters. The summed E-state index contributed by atoms with van der Waals surface area (Å²) >= 11 is 8.72. The van der Waals surface area contributed by atoms with Crippen molar-refractivity contribution in [3.8, 4) is 11.3 Å². The maximum Gasteiger partial charge on any atom is 0.231 e. The minimum Gasteiger partial charge on any atom is -0.491 e. The molecule has 23 heavy (non-hydrogen) atoms. The first-order chi connectivity index (χ1) is 10.9. The van der Waals surface area contributed by atoms with Crippen LogP contribution in [0.15, 0.2) is 40.6 Å². The van der Waals surface area contributed by atoms with Crippen LogP contribution in [0.5, 0.6) is 0 Å². The van der Waals surface area contributed by atoms with Gasteiger partial charge in [-0.15, -0.1) is 0 Å². The molecule has 0 atom stereocenters. The summed E-state index contributed by atoms with van der Waals surface area (Å²) in [6.07, 6.45) is 0. The van der Waals surface area contributed by atoms with Crippen molar-refractivity contribution in [2.24, 2.45) is 0 Å². The average Bonchev–Trinajstić information content (AvgIpc) is 2.55. The molecule has 1 aliphatic rings. The van der Waals surface area contributed by atoms with E-state index in [2.05, 4.69) is 20.9 Å². The number of nitrogens with zero attached hydrogens (tertiary/aromatic N) is 1. The SMILES string of the molecule is COC1=C(Br)C(=O)c2nc(-c3ccc(Cl)c(F)c3)ccc2C1=O. The number of ketones is 2. The number of aromatic nitrogens is 1. The number of benzene rings is 1. The van der Waals surface area contributed by atoms with Crippen LogP contribution >= 0.6 is 27.5 Å². The number of rotatable bonds is 2. The summed E-state index contributed by atoms with van der Waals surface area (Å²) in [4.78, 5) is 28.8. The summed E-state index contributed by atoms with van der Waals surface area (Å²) in [5, 5.41) is -0.00613. The highest BCUT2D eigenvalue weighted by Crippen LogP contribution is 2.31. The average molecular weight is 397 g/mol. The zero-order chi connectivity index (χ0) is 16.7. The van der Waals surface area contributed by atoms with E-state index in [1.54, 1.807) is 12.1 Å². The van der Waals surface area contributed by atoms with Gasteiger partial charge in [0, 0.05) is 5.56 Å². The van der Waals surface area contributed by atoms with Gasteiger partial charge in [-0.25, -0.2) is 9.37 Å². The minimum atomic E-state index is -0.589. The van der Waals surface area contributed by atoms with E-state index in [4.69, 9.17) is 16.3 Å². The first kappa shape index (κ1) is 15.8. The fourth-order valence-electron chi connectivity index (χ4n) is 2.24. The predicted octanol–water partition coefficient (Wildman–Crippen LogP) is 4.17. The summed E-state index contributed by atoms with van der Waals surface area (Å²) < 4.78 is 18.6. The Labute approximate surface area is 144 Å². The second kappa shape index (κ2) is 5.86. The third-order valence-electron chi connectivity index (χ3n) is 3.38. The number of halogens is 3. The molecular weight excluding hydrogens is 389 g/mol. The first-order valence-corrected chi connectivity index (χ1v) is 7.60. The van der Waals surface area contributed by atoms with Crippen molar-refractivity contribution in [1.29, 1.82) is 0 Å². The van der Waals surface area contributed by atoms with E-state index >= 15 is 0 Å². The highest BCUT2D eigenvalue weighted by atomic mass is 79.9. The highest BCUT2D eigenvalue weighted by molar-refractivity contribution is 9.12. The molecule has 0 spiro atoms. The molecular formula is C16H8BrClFNO3. The van der Waals surface area contributed by atoms with Crippen molar-refractivity contribution in [3.63, 3.8) is 0 Å². The van der Waals surface area contributed by atoms with E-state index < -0.39 is 17.4 Å². The Hall–Kier alpha value is -2.05. The normalized spacial score (nSPS) is 14.1. The van der Waals surface area contributed by atoms with E-state index in [0.717, 1.165) is 0 Å². The lowest BCUT2D eigenvalue weighted by Crippen LogP contribution is -2.22. The molecule has 0 radical (unpaired) electrons. The predicted molar refractivity (Wildman–Crippen MR) is 86.3 cm³/mol. The molecule has 0 saturated heterocycles. The summed E-state index contributed by atoms with van der Waals surface area (Å²) in [5.74, 6) is -1.55. The molecule has 0 fully saturated rings. The van der Waals surface area contributed by atoms with Gasteiger partial charge in [-0.3, -0.25) is 9.59 Å². The zero-order valence-electron chi connectivity index (χ0n) is 11.7. The standard InChI is InChI=1S/C16H8BrClFNO3/c1-23-16-12(17)15(22)13-8(14(16)21)3-5-11(20-13)7-2-4-9(18)10(19)6-7/h2-6H,1H3. The summed E-state index contributed by atoms with van der Waals surface area (Å²) in [5.41, 5.74) is 0.956. The number of fused-ring (bicyclic) bond motifs is 1. The molecule has 0 amide bonds. The van der Waals surface area contributed by atoms with Gasteiger partial charge in [0.25, 0.3) is 0 Å². The van der Waals surface area contributed by atoms with Gasteiger partial charge < -0.3 is 4.74 Å². The van der Waals surface area contributed by atoms with Crippen molar-refractivity contribution in [3.05, 3.63) is 62.7 Å². The molecule has 0 N–H and O–H groups in total. The number of ether oxygens (including phenoxy) is 1. The van der Waals surface area contributed by atoms with Crippen LogP contribution in [0.2, 0.25) is 5.02 Å². The lowest BCUT2D eigenvalue weighted by molar-refractivity contribution is 0.0911. The molecule has 1 aromatic carbocycles. The van der Waals surface area contributed by atoms with Crippen LogP contribution < -0.4 is 0 Å². The number of hydrogen-bond acceptors (Lipinski definition) is 4. The summed E-state index contributed by atoms with van der Waals surface area (Å²) in [6.45, 7) is 0. The van der Waals surface area contributed by atoms with Crippen LogP contribution in [0.25, 0.3) is 11.3 Å². The molecule has 0 aliphatic heterocycles. The number of methoxy groups -OCH3 is 1. The van der Waals surface area contributed by atoms with Crippen LogP contribution in [0.4, 0.5) is 4.39 Å². The molecule has 1 heterocycles. The molecule has 3 rings (SSSR count). The lowest BCUT2D eigenvalue weighted by atomic mass is 9.97. The van der Waals surface area contributed by atoms with Gasteiger partial charge in [-0.2, -0.15) is 0 Å². The number of Topliss-reactive ketones (excluding diaryl/α,β-unsaturated/α-hetero) is 2. The van der Waals surface area contributed by atoms with E-state index in [9.17, 15) is 14.0 Å². The van der Waals surface area contributed by atoms with Crippen LogP contribution in [0.1, 0.15) is 20.8 Å². The molecule has 2 aromatic rings. The molecule has 0 saturated carbocycles. The molecule has 116 valence electrons. The van der Waals surface area contributed by atoms with E-state index in [1.807, 2.05) is 0 Å². The van der Waals surface area contributed by atoms with Crippen molar-refractivity contribution in [2.75, 3.05) is 7.11 Å². The Balaban J connectivity index is 2.14. The van der Waals surface area contributed by atoms with Crippen molar-refractivity contribution in [1.82, 2.24) is 4.98 Å². The molecule has 1 aliphatic carbocycles. The third-order valence-corrected chi connectivity index (χ3v) is 4.41. The zero-order valence-corrected chi connectivity index (χ0v) is 14.0. The van der Waals surface area contributed by atoms with E-state index in [0.29, 0.717) is 11.3 Å². The Bertz CT molecular complexity index is 895. The molecule has 7 heteroatoms. The molecule has 0 bridgehead atoms. The van der Waals surface area contributed by atoms with Gasteiger partial charge in [0.15, 0.2) is 5.76 Å². The number of hydrogen-bond donors (Lipinski definition) is 0. The van der Waals surface area contributed by atoms with Crippen LogP contribution in [0.3, 0.4) is 0 Å². The second-order valence-corrected chi connectivity index (χ2v) is 5.93. The van der Waals surface area contributed by atoms with Gasteiger partial charge in [-0.1, -0.05) is 17.7 Å². The van der Waals surface area contributed by atoms with Gasteiger partial charge in [0.2, 0.25) is 11.6 Å². The Morgan fingerprint density at radius 3 is 2.57 bits per heavy atom. The summed E-state index contributed by atoms with van der Waals surface area (Å²) in [7, 11) is 1.31. The van der Waals surface area contributed by atoms with Crippen LogP contribution in [-0.4, -0.2) is 23.7 Å². The Morgan fingerprint density at radius 2 is 1.91 bits per heavy atom. The minimum absolute atomic E-state index is 0.00414. The second-order valence-electron chi connectivity index (χ2n) is 4.73. The van der Waals surface area contributed by atoms with Gasteiger partial charge in [0.05, 0.1) is 23.4 Å². The third kappa shape index (κ3) is 2.58. The Kier molecular flexibility index (Phi) is 4.04. The van der Waals surface area contributed by atoms with E-state index in [1.165, 1.54) is 25.3 Å². The number of carbonyl (C=O) groups is 2. The number of pyridine rings is 1. The van der Waals surface area contributed by atoms with Gasteiger partial charge >= 0.3 is 0 Å². The van der Waals surface area contributed by atoms with Crippen molar-refractivity contribution in [2.45, 2.75) is 0 Å². The fraction of sp³-hybridized carbons (Fsp3) is 0.0625. The van der Waals surface area contributed by atoms with Crippen molar-refractivity contribution < 1.29 is 18.7 Å². The van der Waals surface area contributed by atoms with Crippen molar-refractivity contribution >= 4 is 39.1 Å². The highest BCUT2D eigenvalue weighted by Gasteiger charge is 2.33. The molecule has 1 aromatic heterocycles. The van der Waals surface area contributed by atoms with E-state index in [-0.39, 0.29) is 26.5 Å². The first-order valence-electron chi connectivity index (χ1n) is 6.43. The monoisotopic (exact) mass is 395 g/mol.